The maximum absolute atomic E-state index is 5.46. The normalized spacial score (nSPS) is 20.9. The van der Waals surface area contributed by atoms with E-state index in [1.165, 1.54) is 31.2 Å². The van der Waals surface area contributed by atoms with E-state index in [2.05, 4.69) is 31.8 Å². The monoisotopic (exact) mass is 356 g/mol. The van der Waals surface area contributed by atoms with Crippen LogP contribution in [-0.2, 0) is 13.1 Å². The van der Waals surface area contributed by atoms with Gasteiger partial charge in [-0.1, -0.05) is 12.5 Å². The Morgan fingerprint density at radius 2 is 1.92 bits per heavy atom. The van der Waals surface area contributed by atoms with Crippen molar-refractivity contribution in [2.45, 2.75) is 51.2 Å². The molecular weight excluding hydrogens is 328 g/mol. The zero-order chi connectivity index (χ0) is 17.9. The molecule has 1 aliphatic carbocycles. The van der Waals surface area contributed by atoms with Crippen LogP contribution in [0.3, 0.4) is 0 Å². The van der Waals surface area contributed by atoms with E-state index in [0.29, 0.717) is 6.04 Å². The number of likely N-dealkylation sites (tertiary alicyclic amines) is 1. The van der Waals surface area contributed by atoms with Gasteiger partial charge in [0.05, 0.1) is 20.3 Å². The van der Waals surface area contributed by atoms with E-state index in [1.54, 1.807) is 14.2 Å². The lowest BCUT2D eigenvalue weighted by Crippen LogP contribution is -2.34. The zero-order valence-electron chi connectivity index (χ0n) is 15.7. The molecule has 1 saturated carbocycles. The highest BCUT2D eigenvalue weighted by atomic mass is 16.5. The summed E-state index contributed by atoms with van der Waals surface area (Å²) in [7, 11) is 3.36. The average Bonchev–Trinajstić information content (AvgIpc) is 3.38. The van der Waals surface area contributed by atoms with E-state index >= 15 is 0 Å². The topological polar surface area (TPSA) is 52.4 Å². The number of ether oxygens (including phenoxy) is 2. The average molecular weight is 356 g/mol. The largest absolute Gasteiger partial charge is 0.493 e. The molecule has 4 rings (SSSR count). The number of benzene rings is 1. The first-order valence-electron chi connectivity index (χ1n) is 9.61. The van der Waals surface area contributed by atoms with Gasteiger partial charge in [-0.3, -0.25) is 4.90 Å². The van der Waals surface area contributed by atoms with Gasteiger partial charge in [0.1, 0.15) is 12.2 Å². The quantitative estimate of drug-likeness (QED) is 0.761. The van der Waals surface area contributed by atoms with Crippen LogP contribution < -0.4 is 9.47 Å². The fourth-order valence-corrected chi connectivity index (χ4v) is 3.93. The molecule has 0 radical (unpaired) electrons. The van der Waals surface area contributed by atoms with Crippen LogP contribution in [-0.4, -0.2) is 40.4 Å². The van der Waals surface area contributed by atoms with Gasteiger partial charge in [-0.05, 0) is 55.8 Å². The van der Waals surface area contributed by atoms with Crippen LogP contribution in [0, 0.1) is 5.92 Å². The van der Waals surface area contributed by atoms with Gasteiger partial charge in [0.2, 0.25) is 0 Å². The van der Waals surface area contributed by atoms with Gasteiger partial charge in [-0.2, -0.15) is 0 Å². The molecule has 0 unspecified atom stereocenters. The first-order chi connectivity index (χ1) is 12.8. The highest BCUT2D eigenvalue weighted by molar-refractivity contribution is 5.42. The van der Waals surface area contributed by atoms with E-state index in [4.69, 9.17) is 9.47 Å². The first kappa shape index (κ1) is 17.3. The van der Waals surface area contributed by atoms with Crippen LogP contribution in [0.2, 0.25) is 0 Å². The van der Waals surface area contributed by atoms with Crippen molar-refractivity contribution in [1.82, 2.24) is 19.7 Å². The van der Waals surface area contributed by atoms with Crippen molar-refractivity contribution in [2.75, 3.05) is 20.8 Å². The Hall–Kier alpha value is -2.08. The summed E-state index contributed by atoms with van der Waals surface area (Å²) in [6.07, 6.45) is 8.24. The summed E-state index contributed by atoms with van der Waals surface area (Å²) in [5, 5.41) is 8.72. The predicted molar refractivity (Wildman–Crippen MR) is 99.3 cm³/mol. The molecule has 2 aromatic rings. The predicted octanol–water partition coefficient (Wildman–Crippen LogP) is 3.43. The second-order valence-electron chi connectivity index (χ2n) is 7.46. The number of piperidine rings is 1. The lowest BCUT2D eigenvalue weighted by Gasteiger charge is -2.35. The smallest absolute Gasteiger partial charge is 0.161 e. The van der Waals surface area contributed by atoms with Crippen molar-refractivity contribution < 1.29 is 9.47 Å². The molecule has 0 N–H and O–H groups in total. The fraction of sp³-hybridized carbons (Fsp3) is 0.600. The molecule has 0 spiro atoms. The summed E-state index contributed by atoms with van der Waals surface area (Å²) in [4.78, 5) is 2.54. The molecule has 6 nitrogen and oxygen atoms in total. The third-order valence-corrected chi connectivity index (χ3v) is 5.54. The van der Waals surface area contributed by atoms with Crippen LogP contribution in [0.4, 0.5) is 0 Å². The number of aromatic nitrogens is 3. The number of methoxy groups -OCH3 is 2. The van der Waals surface area contributed by atoms with Crippen molar-refractivity contribution >= 4 is 0 Å². The Morgan fingerprint density at radius 1 is 1.08 bits per heavy atom. The van der Waals surface area contributed by atoms with Crippen LogP contribution in [0.25, 0.3) is 0 Å². The third-order valence-electron chi connectivity index (χ3n) is 5.54. The van der Waals surface area contributed by atoms with Gasteiger partial charge in [0, 0.05) is 13.1 Å². The molecule has 0 bridgehead atoms. The van der Waals surface area contributed by atoms with E-state index in [9.17, 15) is 0 Å². The van der Waals surface area contributed by atoms with Crippen LogP contribution >= 0.6 is 0 Å². The van der Waals surface area contributed by atoms with Crippen molar-refractivity contribution in [1.29, 1.82) is 0 Å². The maximum atomic E-state index is 5.46. The zero-order valence-corrected chi connectivity index (χ0v) is 15.7. The van der Waals surface area contributed by atoms with Gasteiger partial charge in [-0.25, -0.2) is 0 Å². The van der Waals surface area contributed by atoms with Crippen molar-refractivity contribution in [3.8, 4) is 11.5 Å². The van der Waals surface area contributed by atoms with Crippen LogP contribution in [0.5, 0.6) is 11.5 Å². The molecule has 2 heterocycles. The number of hydrogen-bond acceptors (Lipinski definition) is 5. The molecule has 0 amide bonds. The minimum Gasteiger partial charge on any atom is -0.493 e. The highest BCUT2D eigenvalue weighted by Gasteiger charge is 2.30. The van der Waals surface area contributed by atoms with Gasteiger partial charge in [0.25, 0.3) is 0 Å². The van der Waals surface area contributed by atoms with Crippen molar-refractivity contribution in [3.63, 3.8) is 0 Å². The number of rotatable bonds is 7. The summed E-state index contributed by atoms with van der Waals surface area (Å²) in [5.41, 5.74) is 1.24. The van der Waals surface area contributed by atoms with Gasteiger partial charge >= 0.3 is 0 Å². The van der Waals surface area contributed by atoms with E-state index < -0.39 is 0 Å². The number of nitrogens with zero attached hydrogens (tertiary/aromatic N) is 4. The standard InChI is InChI=1S/C20H28N4O2/c1-25-18-9-8-16(11-19(18)26-2)13-23-10-4-3-5-17(23)20-22-21-14-24(20)12-15-6-7-15/h8-9,11,14-15,17H,3-7,10,12-13H2,1-2H3/t17-/m1/s1. The second kappa shape index (κ2) is 7.66. The molecule has 1 aliphatic heterocycles. The second-order valence-corrected chi connectivity index (χ2v) is 7.46. The van der Waals surface area contributed by atoms with Crippen molar-refractivity contribution in [2.24, 2.45) is 5.92 Å². The third kappa shape index (κ3) is 3.70. The molecule has 140 valence electrons. The number of hydrogen-bond donors (Lipinski definition) is 0. The maximum Gasteiger partial charge on any atom is 0.161 e. The molecule has 1 atom stereocenters. The lowest BCUT2D eigenvalue weighted by atomic mass is 10.00. The van der Waals surface area contributed by atoms with Gasteiger partial charge < -0.3 is 14.0 Å². The van der Waals surface area contributed by atoms with E-state index in [0.717, 1.165) is 49.3 Å². The summed E-state index contributed by atoms with van der Waals surface area (Å²) >= 11 is 0. The summed E-state index contributed by atoms with van der Waals surface area (Å²) in [6, 6.07) is 6.54. The summed E-state index contributed by atoms with van der Waals surface area (Å²) in [6.45, 7) is 3.06. The Morgan fingerprint density at radius 3 is 2.69 bits per heavy atom. The van der Waals surface area contributed by atoms with Crippen LogP contribution in [0.1, 0.15) is 49.5 Å². The molecular formula is C20H28N4O2. The SMILES string of the molecule is COc1ccc(CN2CCCC[C@@H]2c2nncn2CC2CC2)cc1OC. The Bertz CT molecular complexity index is 741. The molecule has 1 aromatic heterocycles. The Kier molecular flexibility index (Phi) is 5.11. The summed E-state index contributed by atoms with van der Waals surface area (Å²) in [5.74, 6) is 3.52. The van der Waals surface area contributed by atoms with E-state index in [1.807, 2.05) is 12.4 Å². The van der Waals surface area contributed by atoms with Gasteiger partial charge in [0.15, 0.2) is 11.5 Å². The molecule has 6 heteroatoms. The molecule has 1 saturated heterocycles. The summed E-state index contributed by atoms with van der Waals surface area (Å²) < 4.78 is 13.1. The lowest BCUT2D eigenvalue weighted by molar-refractivity contribution is 0.130. The highest BCUT2D eigenvalue weighted by Crippen LogP contribution is 2.35. The Balaban J connectivity index is 1.53. The Labute approximate surface area is 155 Å². The fourth-order valence-electron chi connectivity index (χ4n) is 3.93. The van der Waals surface area contributed by atoms with Crippen molar-refractivity contribution in [3.05, 3.63) is 35.9 Å². The molecule has 1 aromatic carbocycles. The first-order valence-corrected chi connectivity index (χ1v) is 9.61. The minimum absolute atomic E-state index is 0.345. The molecule has 26 heavy (non-hydrogen) atoms. The molecule has 2 fully saturated rings. The van der Waals surface area contributed by atoms with Gasteiger partial charge in [-0.15, -0.1) is 10.2 Å². The van der Waals surface area contributed by atoms with Crippen LogP contribution in [0.15, 0.2) is 24.5 Å². The minimum atomic E-state index is 0.345. The van der Waals surface area contributed by atoms with E-state index in [-0.39, 0.29) is 0 Å². The molecule has 2 aliphatic rings.